The Morgan fingerprint density at radius 2 is 0.688 bits per heavy atom. The molecule has 0 aliphatic carbocycles. The summed E-state index contributed by atoms with van der Waals surface area (Å²) in [5.41, 5.74) is 13.9. The third kappa shape index (κ3) is 8.07. The molecule has 0 saturated carbocycles. The fraction of sp³-hybridized carbons (Fsp3) is 0.0179. The molecule has 306 valence electrons. The molecule has 0 saturated heterocycles. The van der Waals surface area contributed by atoms with Crippen LogP contribution in [0.3, 0.4) is 0 Å². The molecule has 0 spiro atoms. The van der Waals surface area contributed by atoms with Crippen LogP contribution in [-0.2, 0) is 0 Å². The smallest absolute Gasteiger partial charge is 0.227 e. The van der Waals surface area contributed by atoms with Crippen molar-refractivity contribution in [1.29, 1.82) is 0 Å². The minimum absolute atomic E-state index is 0.535. The summed E-state index contributed by atoms with van der Waals surface area (Å²) in [4.78, 5) is 9.97. The molecule has 0 unspecified atom stereocenters. The van der Waals surface area contributed by atoms with E-state index in [2.05, 4.69) is 100 Å². The van der Waals surface area contributed by atoms with Crippen molar-refractivity contribution in [3.63, 3.8) is 0 Å². The lowest BCUT2D eigenvalue weighted by Gasteiger charge is -2.10. The summed E-state index contributed by atoms with van der Waals surface area (Å²) < 4.78 is 12.9. The molecular formula is C56H40N6O2. The second kappa shape index (κ2) is 18.1. The Balaban J connectivity index is 0.000000153. The molecule has 8 nitrogen and oxygen atoms in total. The van der Waals surface area contributed by atoms with Crippen LogP contribution in [0.1, 0.15) is 5.56 Å². The van der Waals surface area contributed by atoms with E-state index in [9.17, 15) is 0 Å². The predicted octanol–water partition coefficient (Wildman–Crippen LogP) is 14.2. The summed E-state index contributed by atoms with van der Waals surface area (Å²) in [5, 5.41) is 14.6. The molecule has 8 heteroatoms. The zero-order valence-electron chi connectivity index (χ0n) is 34.8. The largest absolute Gasteiger partial charge is 0.435 e. The number of hydrogen-bond donors (Lipinski definition) is 1. The number of nitrogens with one attached hydrogen (secondary N) is 1. The highest BCUT2D eigenvalue weighted by Crippen LogP contribution is 2.42. The van der Waals surface area contributed by atoms with Gasteiger partial charge in [-0.2, -0.15) is 5.21 Å². The Kier molecular flexibility index (Phi) is 11.1. The van der Waals surface area contributed by atoms with Crippen molar-refractivity contribution in [2.24, 2.45) is 0 Å². The molecule has 3 heterocycles. The van der Waals surface area contributed by atoms with Crippen molar-refractivity contribution in [1.82, 2.24) is 30.6 Å². The third-order valence-corrected chi connectivity index (χ3v) is 11.0. The molecule has 1 N–H and O–H groups in total. The van der Waals surface area contributed by atoms with E-state index >= 15 is 0 Å². The van der Waals surface area contributed by atoms with Crippen LogP contribution < -0.4 is 0 Å². The first-order valence-electron chi connectivity index (χ1n) is 21.0. The molecule has 11 rings (SSSR count). The Morgan fingerprint density at radius 3 is 1.11 bits per heavy atom. The number of aromatic nitrogens is 6. The van der Waals surface area contributed by atoms with E-state index < -0.39 is 0 Å². The number of benzene rings is 8. The standard InChI is InChI=1S/C28H19N5O.C28H21NO/c1-3-11-19(12-4-1)25-26(20-13-5-2-6-14-20)34-28(29-25)24-18-10-8-16-22(24)21-15-7-9-17-23(21)27-30-32-33-31-27;1-20-12-8-9-17-23(20)24-18-10-11-19-25(24)28-29-26(21-13-4-2-5-14-21)27(30-28)22-15-6-3-7-16-22/h1-18H,(H,30,31,32,33);2-19H,1H3. The molecule has 64 heavy (non-hydrogen) atoms. The SMILES string of the molecule is Cc1ccccc1-c1ccccc1-c1nc(-c2ccccc2)c(-c2ccccc2)o1.c1ccc(-c2nc(-c3ccccc3-c3ccccc3-c3nn[nH]n3)oc2-c2ccccc2)cc1. The van der Waals surface area contributed by atoms with Gasteiger partial charge >= 0.3 is 0 Å². The molecule has 0 amide bonds. The minimum atomic E-state index is 0.535. The average molecular weight is 829 g/mol. The van der Waals surface area contributed by atoms with Gasteiger partial charge in [0.2, 0.25) is 17.6 Å². The second-order valence-electron chi connectivity index (χ2n) is 15.0. The Hall–Kier alpha value is -8.75. The number of rotatable bonds is 9. The fourth-order valence-corrected chi connectivity index (χ4v) is 7.90. The van der Waals surface area contributed by atoms with Crippen molar-refractivity contribution in [2.45, 2.75) is 6.92 Å². The summed E-state index contributed by atoms with van der Waals surface area (Å²) in [6, 6.07) is 73.3. The zero-order chi connectivity index (χ0) is 43.1. The molecule has 0 atom stereocenters. The van der Waals surface area contributed by atoms with Crippen LogP contribution in [0.15, 0.2) is 227 Å². The molecule has 0 fully saturated rings. The van der Waals surface area contributed by atoms with Crippen LogP contribution >= 0.6 is 0 Å². The Morgan fingerprint density at radius 1 is 0.344 bits per heavy atom. The number of H-pyrrole nitrogens is 1. The fourth-order valence-electron chi connectivity index (χ4n) is 7.90. The van der Waals surface area contributed by atoms with E-state index in [-0.39, 0.29) is 0 Å². The highest BCUT2D eigenvalue weighted by Gasteiger charge is 2.23. The van der Waals surface area contributed by atoms with Crippen molar-refractivity contribution in [2.75, 3.05) is 0 Å². The van der Waals surface area contributed by atoms with Gasteiger partial charge < -0.3 is 8.83 Å². The molecule has 11 aromatic rings. The molecule has 0 aliphatic heterocycles. The maximum absolute atomic E-state index is 6.47. The number of hydrogen-bond acceptors (Lipinski definition) is 7. The van der Waals surface area contributed by atoms with Crippen molar-refractivity contribution in [3.05, 3.63) is 224 Å². The van der Waals surface area contributed by atoms with Gasteiger partial charge in [0.25, 0.3) is 0 Å². The summed E-state index contributed by atoms with van der Waals surface area (Å²) in [6.45, 7) is 2.13. The summed E-state index contributed by atoms with van der Waals surface area (Å²) in [5.74, 6) is 3.25. The predicted molar refractivity (Wildman–Crippen MR) is 254 cm³/mol. The number of nitrogens with zero attached hydrogens (tertiary/aromatic N) is 5. The van der Waals surface area contributed by atoms with E-state index in [0.717, 1.165) is 78.5 Å². The number of oxazole rings is 2. The monoisotopic (exact) mass is 828 g/mol. The molecular weight excluding hydrogens is 789 g/mol. The minimum Gasteiger partial charge on any atom is -0.435 e. The lowest BCUT2D eigenvalue weighted by Crippen LogP contribution is -1.90. The zero-order valence-corrected chi connectivity index (χ0v) is 34.8. The molecule has 8 aromatic carbocycles. The number of tetrazole rings is 1. The van der Waals surface area contributed by atoms with E-state index in [1.165, 1.54) is 11.1 Å². The quantitative estimate of drug-likeness (QED) is 0.154. The van der Waals surface area contributed by atoms with Crippen LogP contribution in [0.25, 0.3) is 102 Å². The van der Waals surface area contributed by atoms with Gasteiger partial charge in [-0.05, 0) is 52.1 Å². The van der Waals surface area contributed by atoms with Crippen molar-refractivity contribution < 1.29 is 8.83 Å². The van der Waals surface area contributed by atoms with Gasteiger partial charge in [0, 0.05) is 38.9 Å². The van der Waals surface area contributed by atoms with Crippen LogP contribution in [0, 0.1) is 6.92 Å². The van der Waals surface area contributed by atoms with E-state index in [1.807, 2.05) is 146 Å². The van der Waals surface area contributed by atoms with E-state index in [1.54, 1.807) is 0 Å². The van der Waals surface area contributed by atoms with Crippen LogP contribution in [-0.4, -0.2) is 30.6 Å². The number of aryl methyl sites for hydroxylation is 1. The first-order valence-corrected chi connectivity index (χ1v) is 21.0. The maximum atomic E-state index is 6.47. The number of aromatic amines is 1. The third-order valence-electron chi connectivity index (χ3n) is 11.0. The lowest BCUT2D eigenvalue weighted by atomic mass is 9.95. The molecule has 0 bridgehead atoms. The van der Waals surface area contributed by atoms with Gasteiger partial charge in [0.15, 0.2) is 11.5 Å². The summed E-state index contributed by atoms with van der Waals surface area (Å²) in [6.07, 6.45) is 0. The highest BCUT2D eigenvalue weighted by atomic mass is 16.4. The van der Waals surface area contributed by atoms with Gasteiger partial charge in [-0.3, -0.25) is 0 Å². The van der Waals surface area contributed by atoms with Crippen LogP contribution in [0.5, 0.6) is 0 Å². The van der Waals surface area contributed by atoms with Gasteiger partial charge in [-0.25, -0.2) is 9.97 Å². The Labute approximate surface area is 370 Å². The van der Waals surface area contributed by atoms with Crippen molar-refractivity contribution in [3.8, 4) is 102 Å². The summed E-state index contributed by atoms with van der Waals surface area (Å²) >= 11 is 0. The van der Waals surface area contributed by atoms with Gasteiger partial charge in [0.1, 0.15) is 11.4 Å². The van der Waals surface area contributed by atoms with Crippen LogP contribution in [0.2, 0.25) is 0 Å². The molecule has 0 aliphatic rings. The first-order chi connectivity index (χ1) is 31.7. The first kappa shape index (κ1) is 39.4. The normalized spacial score (nSPS) is 10.9. The molecule has 3 aromatic heterocycles. The Bertz CT molecular complexity index is 3160. The van der Waals surface area contributed by atoms with Crippen LogP contribution in [0.4, 0.5) is 0 Å². The lowest BCUT2D eigenvalue weighted by molar-refractivity contribution is 0.589. The van der Waals surface area contributed by atoms with Gasteiger partial charge in [0.05, 0.1) is 0 Å². The highest BCUT2D eigenvalue weighted by molar-refractivity contribution is 5.90. The van der Waals surface area contributed by atoms with Crippen molar-refractivity contribution >= 4 is 0 Å². The summed E-state index contributed by atoms with van der Waals surface area (Å²) in [7, 11) is 0. The second-order valence-corrected chi connectivity index (χ2v) is 15.0. The average Bonchev–Trinajstić information content (AvgIpc) is 4.18. The van der Waals surface area contributed by atoms with Gasteiger partial charge in [-0.1, -0.05) is 206 Å². The maximum Gasteiger partial charge on any atom is 0.227 e. The topological polar surface area (TPSA) is 107 Å². The molecule has 0 radical (unpaired) electrons. The van der Waals surface area contributed by atoms with E-state index in [4.69, 9.17) is 18.8 Å². The van der Waals surface area contributed by atoms with E-state index in [0.29, 0.717) is 17.6 Å². The van der Waals surface area contributed by atoms with Gasteiger partial charge in [-0.15, -0.1) is 10.2 Å².